The highest BCUT2D eigenvalue weighted by molar-refractivity contribution is 5.89. The Morgan fingerprint density at radius 1 is 1.18 bits per heavy atom. The largest absolute Gasteiger partial charge is 0.350 e. The van der Waals surface area contributed by atoms with Crippen molar-refractivity contribution in [1.82, 2.24) is 19.5 Å². The third-order valence-corrected chi connectivity index (χ3v) is 4.93. The predicted molar refractivity (Wildman–Crippen MR) is 108 cm³/mol. The normalized spacial score (nSPS) is 16.2. The molecule has 144 valence electrons. The molecule has 0 saturated carbocycles. The number of nitrogens with one attached hydrogen (secondary N) is 2. The van der Waals surface area contributed by atoms with Crippen molar-refractivity contribution in [1.29, 1.82) is 0 Å². The Morgan fingerprint density at radius 2 is 2.11 bits per heavy atom. The Labute approximate surface area is 162 Å². The van der Waals surface area contributed by atoms with Crippen LogP contribution < -0.4 is 16.3 Å². The molecule has 0 bridgehead atoms. The lowest BCUT2D eigenvalue weighted by Gasteiger charge is -2.18. The molecule has 2 N–H and O–H groups in total. The Morgan fingerprint density at radius 3 is 2.93 bits per heavy atom. The zero-order valence-corrected chi connectivity index (χ0v) is 15.5. The first-order chi connectivity index (χ1) is 13.7. The van der Waals surface area contributed by atoms with Crippen LogP contribution in [0.25, 0.3) is 5.65 Å². The fourth-order valence-corrected chi connectivity index (χ4v) is 3.45. The number of hydrogen-bond donors (Lipinski definition) is 2. The van der Waals surface area contributed by atoms with Gasteiger partial charge >= 0.3 is 11.7 Å². The first kappa shape index (κ1) is 18.0. The Bertz CT molecular complexity index is 1070. The molecular weight excluding hydrogens is 354 g/mol. The van der Waals surface area contributed by atoms with Gasteiger partial charge in [0.05, 0.1) is 6.54 Å². The van der Waals surface area contributed by atoms with Crippen molar-refractivity contribution in [2.75, 3.05) is 11.9 Å². The van der Waals surface area contributed by atoms with Gasteiger partial charge < -0.3 is 10.6 Å². The first-order valence-corrected chi connectivity index (χ1v) is 9.52. The van der Waals surface area contributed by atoms with Crippen LogP contribution in [-0.2, 0) is 6.54 Å². The zero-order valence-electron chi connectivity index (χ0n) is 15.5. The van der Waals surface area contributed by atoms with Crippen LogP contribution in [0.4, 0.5) is 10.5 Å². The smallest absolute Gasteiger partial charge is 0.338 e. The van der Waals surface area contributed by atoms with E-state index in [2.05, 4.69) is 27.9 Å². The molecule has 0 saturated heterocycles. The minimum atomic E-state index is -0.211. The molecule has 0 fully saturated rings. The molecule has 7 heteroatoms. The van der Waals surface area contributed by atoms with E-state index in [-0.39, 0.29) is 11.7 Å². The van der Waals surface area contributed by atoms with Crippen molar-refractivity contribution in [3.05, 3.63) is 76.9 Å². The number of nitrogens with zero attached hydrogens (tertiary/aromatic N) is 3. The molecule has 1 aromatic carbocycles. The average molecular weight is 377 g/mol. The van der Waals surface area contributed by atoms with E-state index in [1.54, 1.807) is 18.3 Å². The van der Waals surface area contributed by atoms with E-state index in [0.717, 1.165) is 24.8 Å². The summed E-state index contributed by atoms with van der Waals surface area (Å²) in [4.78, 5) is 24.6. The molecule has 2 amide bonds. The number of allylic oxidation sites excluding steroid dienone is 2. The van der Waals surface area contributed by atoms with Crippen molar-refractivity contribution < 1.29 is 4.79 Å². The number of aromatic nitrogens is 3. The minimum absolute atomic E-state index is 0.187. The van der Waals surface area contributed by atoms with E-state index in [9.17, 15) is 9.59 Å². The number of rotatable bonds is 5. The Balaban J connectivity index is 1.39. The molecular formula is C21H23N5O2. The van der Waals surface area contributed by atoms with Gasteiger partial charge in [0.25, 0.3) is 0 Å². The SMILES string of the molecule is O=C(NCC1CC=CCC1)Nc1cccc(Cn2nc3ccccn3c2=O)c1. The molecule has 0 radical (unpaired) electrons. The van der Waals surface area contributed by atoms with E-state index in [1.807, 2.05) is 30.3 Å². The molecule has 4 rings (SSSR count). The van der Waals surface area contributed by atoms with Gasteiger partial charge in [-0.25, -0.2) is 14.3 Å². The highest BCUT2D eigenvalue weighted by Gasteiger charge is 2.12. The highest BCUT2D eigenvalue weighted by atomic mass is 16.2. The van der Waals surface area contributed by atoms with E-state index >= 15 is 0 Å². The lowest BCUT2D eigenvalue weighted by atomic mass is 9.94. The summed E-state index contributed by atoms with van der Waals surface area (Å²) in [6.45, 7) is 1.01. The number of hydrogen-bond acceptors (Lipinski definition) is 3. The second-order valence-corrected chi connectivity index (χ2v) is 7.05. The maximum Gasteiger partial charge on any atom is 0.350 e. The van der Waals surface area contributed by atoms with Gasteiger partial charge in [-0.3, -0.25) is 4.40 Å². The number of amides is 2. The van der Waals surface area contributed by atoms with Crippen molar-refractivity contribution in [2.45, 2.75) is 25.8 Å². The van der Waals surface area contributed by atoms with E-state index < -0.39 is 0 Å². The molecule has 2 heterocycles. The zero-order chi connectivity index (χ0) is 19.3. The number of urea groups is 1. The van der Waals surface area contributed by atoms with Crippen LogP contribution in [0.15, 0.2) is 65.6 Å². The number of fused-ring (bicyclic) bond motifs is 1. The van der Waals surface area contributed by atoms with Crippen LogP contribution in [0.2, 0.25) is 0 Å². The van der Waals surface area contributed by atoms with Crippen LogP contribution in [0, 0.1) is 5.92 Å². The van der Waals surface area contributed by atoms with E-state index in [0.29, 0.717) is 30.3 Å². The molecule has 1 aliphatic rings. The van der Waals surface area contributed by atoms with Crippen molar-refractivity contribution in [3.8, 4) is 0 Å². The molecule has 0 spiro atoms. The Kier molecular flexibility index (Phi) is 5.23. The minimum Gasteiger partial charge on any atom is -0.338 e. The van der Waals surface area contributed by atoms with Crippen LogP contribution in [-0.4, -0.2) is 26.8 Å². The van der Waals surface area contributed by atoms with Crippen molar-refractivity contribution >= 4 is 17.4 Å². The van der Waals surface area contributed by atoms with Gasteiger partial charge in [-0.15, -0.1) is 5.10 Å². The topological polar surface area (TPSA) is 80.4 Å². The number of pyridine rings is 1. The lowest BCUT2D eigenvalue weighted by molar-refractivity contribution is 0.249. The maximum atomic E-state index is 12.4. The summed E-state index contributed by atoms with van der Waals surface area (Å²) in [7, 11) is 0. The fourth-order valence-electron chi connectivity index (χ4n) is 3.45. The number of carbonyl (C=O) groups excluding carboxylic acids is 1. The molecule has 3 aromatic rings. The van der Waals surface area contributed by atoms with Crippen LogP contribution in [0.5, 0.6) is 0 Å². The van der Waals surface area contributed by atoms with Gasteiger partial charge in [0.1, 0.15) is 0 Å². The van der Waals surface area contributed by atoms with Gasteiger partial charge in [0, 0.05) is 18.4 Å². The van der Waals surface area contributed by atoms with Crippen molar-refractivity contribution in [2.24, 2.45) is 5.92 Å². The standard InChI is InChI=1S/C21H23N5O2/c27-20(22-14-16-7-2-1-3-8-16)23-18-10-6-9-17(13-18)15-26-21(28)25-12-5-4-11-19(25)24-26/h1-2,4-6,9-13,16H,3,7-8,14-15H2,(H2,22,23,27). The molecule has 0 aliphatic heterocycles. The van der Waals surface area contributed by atoms with Gasteiger partial charge in [-0.05, 0) is 55.0 Å². The highest BCUT2D eigenvalue weighted by Crippen LogP contribution is 2.17. The number of benzene rings is 1. The average Bonchev–Trinajstić information content (AvgIpc) is 3.03. The fraction of sp³-hybridized carbons (Fsp3) is 0.286. The van der Waals surface area contributed by atoms with E-state index in [1.165, 1.54) is 9.08 Å². The molecule has 28 heavy (non-hydrogen) atoms. The number of anilines is 1. The van der Waals surface area contributed by atoms with Gasteiger partial charge in [-0.1, -0.05) is 30.4 Å². The predicted octanol–water partition coefficient (Wildman–Crippen LogP) is 3.02. The van der Waals surface area contributed by atoms with Gasteiger partial charge in [0.2, 0.25) is 0 Å². The summed E-state index contributed by atoms with van der Waals surface area (Å²) in [6.07, 6.45) is 9.28. The molecule has 1 aliphatic carbocycles. The lowest BCUT2D eigenvalue weighted by Crippen LogP contribution is -2.33. The summed E-state index contributed by atoms with van der Waals surface area (Å²) in [6, 6.07) is 12.7. The Hall–Kier alpha value is -3.35. The van der Waals surface area contributed by atoms with Gasteiger partial charge in [-0.2, -0.15) is 0 Å². The molecule has 2 aromatic heterocycles. The summed E-state index contributed by atoms with van der Waals surface area (Å²) >= 11 is 0. The molecule has 1 unspecified atom stereocenters. The van der Waals surface area contributed by atoms with Gasteiger partial charge in [0.15, 0.2) is 5.65 Å². The maximum absolute atomic E-state index is 12.4. The summed E-state index contributed by atoms with van der Waals surface area (Å²) < 4.78 is 2.93. The molecule has 1 atom stereocenters. The summed E-state index contributed by atoms with van der Waals surface area (Å²) in [5.74, 6) is 0.504. The van der Waals surface area contributed by atoms with Crippen LogP contribution in [0.3, 0.4) is 0 Å². The van der Waals surface area contributed by atoms with Crippen LogP contribution in [0.1, 0.15) is 24.8 Å². The third-order valence-electron chi connectivity index (χ3n) is 4.93. The second kappa shape index (κ2) is 8.12. The first-order valence-electron chi connectivity index (χ1n) is 9.52. The monoisotopic (exact) mass is 377 g/mol. The van der Waals surface area contributed by atoms with Crippen LogP contribution >= 0.6 is 0 Å². The molecule has 7 nitrogen and oxygen atoms in total. The quantitative estimate of drug-likeness (QED) is 0.671. The third kappa shape index (κ3) is 4.14. The van der Waals surface area contributed by atoms with E-state index in [4.69, 9.17) is 0 Å². The summed E-state index contributed by atoms with van der Waals surface area (Å²) in [5.41, 5.74) is 2.00. The second-order valence-electron chi connectivity index (χ2n) is 7.05. The number of carbonyl (C=O) groups is 1. The van der Waals surface area contributed by atoms with Crippen molar-refractivity contribution in [3.63, 3.8) is 0 Å². The summed E-state index contributed by atoms with van der Waals surface area (Å²) in [5, 5.41) is 10.2.